The van der Waals surface area contributed by atoms with Gasteiger partial charge in [-0.2, -0.15) is 0 Å². The first-order chi connectivity index (χ1) is 10.8. The van der Waals surface area contributed by atoms with Crippen molar-refractivity contribution in [1.29, 1.82) is 0 Å². The maximum Gasteiger partial charge on any atom is 0.126 e. The Morgan fingerprint density at radius 3 is 3.00 bits per heavy atom. The summed E-state index contributed by atoms with van der Waals surface area (Å²) in [5.74, 6) is 2.08. The smallest absolute Gasteiger partial charge is 0.126 e. The number of nitrogens with one attached hydrogen (secondary N) is 2. The molecule has 2 aromatic rings. The van der Waals surface area contributed by atoms with Crippen molar-refractivity contribution in [3.63, 3.8) is 0 Å². The predicted molar refractivity (Wildman–Crippen MR) is 84.5 cm³/mol. The van der Waals surface area contributed by atoms with Crippen molar-refractivity contribution >= 4 is 0 Å². The molecule has 120 valence electrons. The maximum absolute atomic E-state index is 5.64. The van der Waals surface area contributed by atoms with Crippen LogP contribution in [0.2, 0.25) is 0 Å². The Labute approximate surface area is 131 Å². The zero-order valence-corrected chi connectivity index (χ0v) is 13.4. The number of rotatable bonds is 6. The number of imidazole rings is 2. The molecule has 1 atom stereocenters. The van der Waals surface area contributed by atoms with Crippen LogP contribution >= 0.6 is 0 Å². The molecular weight excluding hydrogens is 278 g/mol. The largest absolute Gasteiger partial charge is 0.378 e. The van der Waals surface area contributed by atoms with Crippen molar-refractivity contribution in [1.82, 2.24) is 24.8 Å². The van der Waals surface area contributed by atoms with Crippen LogP contribution in [0, 0.1) is 6.92 Å². The molecule has 6 nitrogen and oxygen atoms in total. The molecule has 3 heterocycles. The van der Waals surface area contributed by atoms with Gasteiger partial charge >= 0.3 is 0 Å². The van der Waals surface area contributed by atoms with Crippen LogP contribution in [-0.4, -0.2) is 44.6 Å². The summed E-state index contributed by atoms with van der Waals surface area (Å²) < 4.78 is 5.64. The highest BCUT2D eigenvalue weighted by Gasteiger charge is 2.27. The van der Waals surface area contributed by atoms with Gasteiger partial charge in [0, 0.05) is 43.3 Å². The second-order valence-corrected chi connectivity index (χ2v) is 5.97. The molecule has 22 heavy (non-hydrogen) atoms. The zero-order valence-electron chi connectivity index (χ0n) is 13.4. The minimum absolute atomic E-state index is 0.185. The molecule has 1 unspecified atom stereocenters. The van der Waals surface area contributed by atoms with Gasteiger partial charge in [-0.3, -0.25) is 4.90 Å². The van der Waals surface area contributed by atoms with Crippen LogP contribution in [0.15, 0.2) is 12.4 Å². The molecule has 2 aromatic heterocycles. The first kappa shape index (κ1) is 15.2. The minimum Gasteiger partial charge on any atom is -0.378 e. The fraction of sp³-hybridized carbons (Fsp3) is 0.625. The lowest BCUT2D eigenvalue weighted by Gasteiger charge is -2.33. The lowest BCUT2D eigenvalue weighted by molar-refractivity contribution is -0.0161. The van der Waals surface area contributed by atoms with Crippen LogP contribution in [0.1, 0.15) is 48.8 Å². The Kier molecular flexibility index (Phi) is 4.90. The molecule has 0 aromatic carbocycles. The van der Waals surface area contributed by atoms with Crippen molar-refractivity contribution < 1.29 is 4.74 Å². The van der Waals surface area contributed by atoms with Gasteiger partial charge in [0.05, 0.1) is 19.3 Å². The van der Waals surface area contributed by atoms with E-state index in [2.05, 4.69) is 31.8 Å². The SMILES string of the molecule is CCCCc1ncc(CN2CCOCC2c2ncc(C)[nH]2)[nH]1. The number of aryl methyl sites for hydroxylation is 2. The molecule has 0 amide bonds. The lowest BCUT2D eigenvalue weighted by Crippen LogP contribution is -2.39. The number of aromatic nitrogens is 4. The van der Waals surface area contributed by atoms with Crippen molar-refractivity contribution in [2.45, 2.75) is 45.7 Å². The number of hydrogen-bond donors (Lipinski definition) is 2. The normalized spacial score (nSPS) is 19.6. The van der Waals surface area contributed by atoms with E-state index in [4.69, 9.17) is 4.74 Å². The van der Waals surface area contributed by atoms with Gasteiger partial charge in [0.2, 0.25) is 0 Å². The van der Waals surface area contributed by atoms with E-state index >= 15 is 0 Å². The summed E-state index contributed by atoms with van der Waals surface area (Å²) in [7, 11) is 0. The molecule has 1 saturated heterocycles. The van der Waals surface area contributed by atoms with Gasteiger partial charge in [-0.05, 0) is 13.3 Å². The molecule has 6 heteroatoms. The van der Waals surface area contributed by atoms with E-state index in [9.17, 15) is 0 Å². The van der Waals surface area contributed by atoms with Gasteiger partial charge in [-0.25, -0.2) is 9.97 Å². The van der Waals surface area contributed by atoms with E-state index in [0.717, 1.165) is 43.5 Å². The lowest BCUT2D eigenvalue weighted by atomic mass is 10.2. The Morgan fingerprint density at radius 1 is 1.32 bits per heavy atom. The van der Waals surface area contributed by atoms with Gasteiger partial charge in [0.25, 0.3) is 0 Å². The first-order valence-corrected chi connectivity index (χ1v) is 8.12. The highest BCUT2D eigenvalue weighted by atomic mass is 16.5. The third-order valence-electron chi connectivity index (χ3n) is 4.10. The van der Waals surface area contributed by atoms with Crippen LogP contribution in [0.5, 0.6) is 0 Å². The second kappa shape index (κ2) is 7.07. The Balaban J connectivity index is 1.67. The molecule has 0 spiro atoms. The molecular formula is C16H25N5O. The Morgan fingerprint density at radius 2 is 2.23 bits per heavy atom. The highest BCUT2D eigenvalue weighted by molar-refractivity contribution is 5.07. The van der Waals surface area contributed by atoms with Crippen LogP contribution in [-0.2, 0) is 17.7 Å². The van der Waals surface area contributed by atoms with E-state index in [1.165, 1.54) is 18.5 Å². The van der Waals surface area contributed by atoms with Gasteiger partial charge in [-0.1, -0.05) is 13.3 Å². The van der Waals surface area contributed by atoms with Crippen LogP contribution in [0.25, 0.3) is 0 Å². The molecule has 0 saturated carbocycles. The van der Waals surface area contributed by atoms with Gasteiger partial charge in [-0.15, -0.1) is 0 Å². The minimum atomic E-state index is 0.185. The average molecular weight is 303 g/mol. The van der Waals surface area contributed by atoms with E-state index < -0.39 is 0 Å². The molecule has 0 aliphatic carbocycles. The number of hydrogen-bond acceptors (Lipinski definition) is 4. The van der Waals surface area contributed by atoms with Crippen LogP contribution < -0.4 is 0 Å². The molecule has 3 rings (SSSR count). The molecule has 1 aliphatic heterocycles. The summed E-state index contributed by atoms with van der Waals surface area (Å²) in [5.41, 5.74) is 2.25. The number of ether oxygens (including phenoxy) is 1. The standard InChI is InChI=1S/C16H25N5O/c1-3-4-5-15-17-9-13(20-15)10-21-6-7-22-11-14(21)16-18-8-12(2)19-16/h8-9,14H,3-7,10-11H2,1-2H3,(H,17,20)(H,18,19). The van der Waals surface area contributed by atoms with Gasteiger partial charge in [0.15, 0.2) is 0 Å². The zero-order chi connectivity index (χ0) is 15.4. The molecule has 0 bridgehead atoms. The highest BCUT2D eigenvalue weighted by Crippen LogP contribution is 2.23. The van der Waals surface area contributed by atoms with Crippen LogP contribution in [0.4, 0.5) is 0 Å². The monoisotopic (exact) mass is 303 g/mol. The summed E-state index contributed by atoms with van der Waals surface area (Å²) in [6.07, 6.45) is 7.24. The second-order valence-electron chi connectivity index (χ2n) is 5.97. The van der Waals surface area contributed by atoms with Crippen molar-refractivity contribution in [2.24, 2.45) is 0 Å². The number of H-pyrrole nitrogens is 2. The predicted octanol–water partition coefficient (Wildman–Crippen LogP) is 2.36. The molecule has 0 radical (unpaired) electrons. The Hall–Kier alpha value is -1.66. The fourth-order valence-corrected chi connectivity index (χ4v) is 2.86. The number of nitrogens with zero attached hydrogens (tertiary/aromatic N) is 3. The van der Waals surface area contributed by atoms with Gasteiger partial charge in [0.1, 0.15) is 11.6 Å². The van der Waals surface area contributed by atoms with E-state index in [1.807, 2.05) is 19.3 Å². The third-order valence-corrected chi connectivity index (χ3v) is 4.10. The number of unbranched alkanes of at least 4 members (excludes halogenated alkanes) is 1. The van der Waals surface area contributed by atoms with Crippen molar-refractivity contribution in [3.05, 3.63) is 35.4 Å². The average Bonchev–Trinajstić information content (AvgIpc) is 3.15. The first-order valence-electron chi connectivity index (χ1n) is 8.12. The van der Waals surface area contributed by atoms with E-state index in [-0.39, 0.29) is 6.04 Å². The van der Waals surface area contributed by atoms with E-state index in [0.29, 0.717) is 6.61 Å². The number of morpholine rings is 1. The van der Waals surface area contributed by atoms with Crippen molar-refractivity contribution in [2.75, 3.05) is 19.8 Å². The summed E-state index contributed by atoms with van der Waals surface area (Å²) in [6, 6.07) is 0.185. The summed E-state index contributed by atoms with van der Waals surface area (Å²) in [6.45, 7) is 7.45. The Bertz CT molecular complexity index is 591. The summed E-state index contributed by atoms with van der Waals surface area (Å²) in [4.78, 5) is 18.1. The van der Waals surface area contributed by atoms with E-state index in [1.54, 1.807) is 0 Å². The van der Waals surface area contributed by atoms with Crippen molar-refractivity contribution in [3.8, 4) is 0 Å². The summed E-state index contributed by atoms with van der Waals surface area (Å²) >= 11 is 0. The molecule has 1 aliphatic rings. The quantitative estimate of drug-likeness (QED) is 0.859. The number of aromatic amines is 2. The fourth-order valence-electron chi connectivity index (χ4n) is 2.86. The topological polar surface area (TPSA) is 69.8 Å². The van der Waals surface area contributed by atoms with Crippen LogP contribution in [0.3, 0.4) is 0 Å². The maximum atomic E-state index is 5.64. The van der Waals surface area contributed by atoms with Gasteiger partial charge < -0.3 is 14.7 Å². The summed E-state index contributed by atoms with van der Waals surface area (Å²) in [5, 5.41) is 0. The molecule has 1 fully saturated rings. The third kappa shape index (κ3) is 3.56. The molecule has 2 N–H and O–H groups in total.